The number of rotatable bonds is 2. The Bertz CT molecular complexity index is 946. The third-order valence-corrected chi connectivity index (χ3v) is 4.31. The minimum absolute atomic E-state index is 0.134. The number of halogens is 2. The second-order valence-electron chi connectivity index (χ2n) is 4.79. The Kier molecular flexibility index (Phi) is 3.79. The molecular weight excluding hydrogens is 320 g/mol. The first-order valence-corrected chi connectivity index (χ1v) is 7.39. The van der Waals surface area contributed by atoms with Crippen LogP contribution in [0, 0.1) is 11.6 Å². The molecule has 4 N–H and O–H groups in total. The number of nitrogens with two attached hydrogens (primary N) is 2. The third-order valence-electron chi connectivity index (χ3n) is 3.22. The topological polar surface area (TPSA) is 81.5 Å². The summed E-state index contributed by atoms with van der Waals surface area (Å²) in [4.78, 5) is 15.7. The van der Waals surface area contributed by atoms with Crippen LogP contribution in [0.15, 0.2) is 47.5 Å². The van der Waals surface area contributed by atoms with Crippen molar-refractivity contribution in [1.29, 1.82) is 0 Å². The highest BCUT2D eigenvalue weighted by atomic mass is 32.1. The van der Waals surface area contributed by atoms with E-state index in [0.717, 1.165) is 22.9 Å². The van der Waals surface area contributed by atoms with Crippen LogP contribution in [0.25, 0.3) is 21.2 Å². The Morgan fingerprint density at radius 2 is 1.83 bits per heavy atom. The zero-order chi connectivity index (χ0) is 16.6. The molecule has 0 saturated heterocycles. The monoisotopic (exact) mass is 331 g/mol. The zero-order valence-electron chi connectivity index (χ0n) is 11.7. The summed E-state index contributed by atoms with van der Waals surface area (Å²) >= 11 is 1.18. The predicted octanol–water partition coefficient (Wildman–Crippen LogP) is 3.26. The highest BCUT2D eigenvalue weighted by Crippen LogP contribution is 2.35. The molecule has 0 unspecified atom stereocenters. The van der Waals surface area contributed by atoms with E-state index in [0.29, 0.717) is 15.8 Å². The van der Waals surface area contributed by atoms with Crippen LogP contribution in [0.2, 0.25) is 0 Å². The van der Waals surface area contributed by atoms with E-state index in [9.17, 15) is 13.6 Å². The molecule has 0 radical (unpaired) electrons. The number of thiophene rings is 1. The molecule has 1 aromatic heterocycles. The average molecular weight is 331 g/mol. The van der Waals surface area contributed by atoms with Crippen molar-refractivity contribution < 1.29 is 13.6 Å². The van der Waals surface area contributed by atoms with Crippen molar-refractivity contribution in [3.63, 3.8) is 0 Å². The Balaban J connectivity index is 2.20. The molecule has 0 aliphatic rings. The number of fused-ring (bicyclic) bond motifs is 1. The van der Waals surface area contributed by atoms with Crippen LogP contribution in [0.3, 0.4) is 0 Å². The molecule has 4 nitrogen and oxygen atoms in total. The smallest absolute Gasteiger partial charge is 0.290 e. The van der Waals surface area contributed by atoms with Gasteiger partial charge in [-0.1, -0.05) is 12.1 Å². The lowest BCUT2D eigenvalue weighted by molar-refractivity contribution is 0.101. The SMILES string of the molecule is NC(N)=NC(=O)c1cc2c(-c3cc(F)ccc3F)cccc2s1. The fourth-order valence-electron chi connectivity index (χ4n) is 2.28. The summed E-state index contributed by atoms with van der Waals surface area (Å²) in [5.41, 5.74) is 11.0. The molecule has 2 aromatic carbocycles. The first-order valence-electron chi connectivity index (χ1n) is 6.57. The average Bonchev–Trinajstić information content (AvgIpc) is 2.93. The van der Waals surface area contributed by atoms with Crippen molar-refractivity contribution in [1.82, 2.24) is 0 Å². The molecular formula is C16H11F2N3OS. The maximum Gasteiger partial charge on any atom is 0.290 e. The minimum atomic E-state index is -0.572. The fraction of sp³-hybridized carbons (Fsp3) is 0. The lowest BCUT2D eigenvalue weighted by Crippen LogP contribution is -2.24. The molecule has 0 aliphatic carbocycles. The summed E-state index contributed by atoms with van der Waals surface area (Å²) in [7, 11) is 0. The Morgan fingerprint density at radius 1 is 1.04 bits per heavy atom. The molecule has 0 atom stereocenters. The number of carbonyl (C=O) groups is 1. The highest BCUT2D eigenvalue weighted by molar-refractivity contribution is 7.20. The van der Waals surface area contributed by atoms with Crippen molar-refractivity contribution in [2.24, 2.45) is 16.5 Å². The summed E-state index contributed by atoms with van der Waals surface area (Å²) in [5.74, 6) is -1.98. The van der Waals surface area contributed by atoms with Crippen LogP contribution in [-0.4, -0.2) is 11.9 Å². The summed E-state index contributed by atoms with van der Waals surface area (Å²) in [6, 6.07) is 10.00. The van der Waals surface area contributed by atoms with Crippen molar-refractivity contribution in [3.8, 4) is 11.1 Å². The molecule has 116 valence electrons. The molecule has 3 aromatic rings. The Morgan fingerprint density at radius 3 is 2.57 bits per heavy atom. The molecule has 7 heteroatoms. The summed E-state index contributed by atoms with van der Waals surface area (Å²) in [6.45, 7) is 0. The van der Waals surface area contributed by atoms with Gasteiger partial charge in [-0.2, -0.15) is 4.99 Å². The molecule has 1 heterocycles. The van der Waals surface area contributed by atoms with Gasteiger partial charge in [-0.3, -0.25) is 4.79 Å². The molecule has 0 aliphatic heterocycles. The second kappa shape index (κ2) is 5.77. The van der Waals surface area contributed by atoms with Crippen LogP contribution in [0.5, 0.6) is 0 Å². The summed E-state index contributed by atoms with van der Waals surface area (Å²) < 4.78 is 28.2. The molecule has 3 rings (SSSR count). The predicted molar refractivity (Wildman–Crippen MR) is 87.3 cm³/mol. The van der Waals surface area contributed by atoms with Gasteiger partial charge >= 0.3 is 0 Å². The lowest BCUT2D eigenvalue weighted by atomic mass is 10.0. The van der Waals surface area contributed by atoms with E-state index in [-0.39, 0.29) is 11.5 Å². The molecule has 23 heavy (non-hydrogen) atoms. The van der Waals surface area contributed by atoms with Crippen LogP contribution in [-0.2, 0) is 0 Å². The van der Waals surface area contributed by atoms with E-state index >= 15 is 0 Å². The standard InChI is InChI=1S/C16H11F2N3OS/c17-8-4-5-12(18)10(6-8)9-2-1-3-13-11(9)7-14(23-13)15(22)21-16(19)20/h1-7H,(H4,19,20,21,22). The fourth-order valence-corrected chi connectivity index (χ4v) is 3.25. The number of aliphatic imine (C=N–C) groups is 1. The number of hydrogen-bond acceptors (Lipinski definition) is 2. The largest absolute Gasteiger partial charge is 0.370 e. The van der Waals surface area contributed by atoms with Crippen LogP contribution in [0.4, 0.5) is 8.78 Å². The van der Waals surface area contributed by atoms with Crippen molar-refractivity contribution >= 4 is 33.3 Å². The van der Waals surface area contributed by atoms with Gasteiger partial charge in [0.2, 0.25) is 0 Å². The normalized spacial score (nSPS) is 10.7. The van der Waals surface area contributed by atoms with Crippen LogP contribution < -0.4 is 11.5 Å². The van der Waals surface area contributed by atoms with Gasteiger partial charge in [-0.15, -0.1) is 11.3 Å². The second-order valence-corrected chi connectivity index (χ2v) is 5.88. The number of carbonyl (C=O) groups excluding carboxylic acids is 1. The lowest BCUT2D eigenvalue weighted by Gasteiger charge is -2.05. The summed E-state index contributed by atoms with van der Waals surface area (Å²) in [5, 5.41) is 0.635. The van der Waals surface area contributed by atoms with Gasteiger partial charge in [0, 0.05) is 15.6 Å². The van der Waals surface area contributed by atoms with Gasteiger partial charge < -0.3 is 11.5 Å². The van der Waals surface area contributed by atoms with Crippen molar-refractivity contribution in [2.75, 3.05) is 0 Å². The van der Waals surface area contributed by atoms with Gasteiger partial charge in [0.1, 0.15) is 11.6 Å². The van der Waals surface area contributed by atoms with Gasteiger partial charge in [0.15, 0.2) is 5.96 Å². The Labute approximate surface area is 134 Å². The van der Waals surface area contributed by atoms with E-state index in [4.69, 9.17) is 11.5 Å². The highest BCUT2D eigenvalue weighted by Gasteiger charge is 2.15. The molecule has 0 bridgehead atoms. The number of benzene rings is 2. The quantitative estimate of drug-likeness (QED) is 0.558. The number of hydrogen-bond donors (Lipinski definition) is 2. The maximum atomic E-state index is 14.0. The Hall–Kier alpha value is -2.80. The van der Waals surface area contributed by atoms with Gasteiger partial charge in [0.05, 0.1) is 4.88 Å². The van der Waals surface area contributed by atoms with Gasteiger partial charge in [-0.25, -0.2) is 8.78 Å². The summed E-state index contributed by atoms with van der Waals surface area (Å²) in [6.07, 6.45) is 0. The number of guanidine groups is 1. The molecule has 0 saturated carbocycles. The van der Waals surface area contributed by atoms with E-state index in [1.165, 1.54) is 11.3 Å². The van der Waals surface area contributed by atoms with Gasteiger partial charge in [0.25, 0.3) is 5.91 Å². The maximum absolute atomic E-state index is 14.0. The van der Waals surface area contributed by atoms with Crippen LogP contribution >= 0.6 is 11.3 Å². The van der Waals surface area contributed by atoms with E-state index in [1.807, 2.05) is 0 Å². The number of amides is 1. The van der Waals surface area contributed by atoms with Gasteiger partial charge in [-0.05, 0) is 35.9 Å². The molecule has 1 amide bonds. The number of nitrogens with zero attached hydrogens (tertiary/aromatic N) is 1. The zero-order valence-corrected chi connectivity index (χ0v) is 12.5. The van der Waals surface area contributed by atoms with E-state index in [2.05, 4.69) is 4.99 Å². The van der Waals surface area contributed by atoms with E-state index < -0.39 is 17.5 Å². The first-order chi connectivity index (χ1) is 11.0. The first kappa shape index (κ1) is 15.1. The minimum Gasteiger partial charge on any atom is -0.370 e. The van der Waals surface area contributed by atoms with E-state index in [1.54, 1.807) is 24.3 Å². The van der Waals surface area contributed by atoms with Crippen molar-refractivity contribution in [2.45, 2.75) is 0 Å². The third kappa shape index (κ3) is 2.91. The van der Waals surface area contributed by atoms with Crippen molar-refractivity contribution in [3.05, 3.63) is 59.0 Å². The molecule has 0 spiro atoms. The van der Waals surface area contributed by atoms with Crippen LogP contribution in [0.1, 0.15) is 9.67 Å². The molecule has 0 fully saturated rings.